The van der Waals surface area contributed by atoms with Gasteiger partial charge in [-0.1, -0.05) is 0 Å². The third-order valence-electron chi connectivity index (χ3n) is 2.43. The van der Waals surface area contributed by atoms with Crippen LogP contribution in [0.15, 0.2) is 12.1 Å². The number of ether oxygens (including phenoxy) is 1. The molecule has 0 amide bonds. The molecule has 100 valence electrons. The Morgan fingerprint density at radius 3 is 2.68 bits per heavy atom. The van der Waals surface area contributed by atoms with Gasteiger partial charge in [-0.15, -0.1) is 0 Å². The van der Waals surface area contributed by atoms with Gasteiger partial charge < -0.3 is 4.74 Å². The van der Waals surface area contributed by atoms with Crippen LogP contribution in [0.3, 0.4) is 0 Å². The molecular formula is C13H11F2NO3. The van der Waals surface area contributed by atoms with Gasteiger partial charge in [0.05, 0.1) is 24.7 Å². The molecule has 1 aromatic carbocycles. The lowest BCUT2D eigenvalue weighted by Crippen LogP contribution is -2.10. The maximum atomic E-state index is 12.8. The first-order valence-corrected chi connectivity index (χ1v) is 5.49. The second-order valence-corrected chi connectivity index (χ2v) is 3.65. The van der Waals surface area contributed by atoms with Crippen LogP contribution in [-0.4, -0.2) is 18.9 Å². The van der Waals surface area contributed by atoms with E-state index < -0.39 is 18.0 Å². The third-order valence-corrected chi connectivity index (χ3v) is 2.43. The minimum atomic E-state index is -2.85. The normalized spacial score (nSPS) is 10.1. The van der Waals surface area contributed by atoms with Gasteiger partial charge >= 0.3 is 5.97 Å². The van der Waals surface area contributed by atoms with Crippen LogP contribution in [0.5, 0.6) is 0 Å². The standard InChI is InChI=1S/C13H11F2NO3/c1-2-19-12(18)5-8-4-11(13(14)15)9(6-16)3-10(8)7-17/h3-4,7,13H,2,5H2,1H3. The smallest absolute Gasteiger partial charge is 0.310 e. The second kappa shape index (κ2) is 6.59. The number of aldehydes is 1. The molecule has 0 saturated carbocycles. The molecule has 1 aromatic rings. The Labute approximate surface area is 108 Å². The number of nitrogens with zero attached hydrogens (tertiary/aromatic N) is 1. The van der Waals surface area contributed by atoms with Crippen LogP contribution in [0, 0.1) is 11.3 Å². The van der Waals surface area contributed by atoms with Gasteiger partial charge in [-0.2, -0.15) is 5.26 Å². The fourth-order valence-electron chi connectivity index (χ4n) is 1.59. The van der Waals surface area contributed by atoms with E-state index in [0.29, 0.717) is 6.29 Å². The van der Waals surface area contributed by atoms with Gasteiger partial charge in [0.2, 0.25) is 0 Å². The van der Waals surface area contributed by atoms with Crippen LogP contribution < -0.4 is 0 Å². The monoisotopic (exact) mass is 267 g/mol. The molecule has 0 unspecified atom stereocenters. The summed E-state index contributed by atoms with van der Waals surface area (Å²) in [7, 11) is 0. The van der Waals surface area contributed by atoms with Crippen LogP contribution in [0.1, 0.15) is 40.4 Å². The molecule has 0 radical (unpaired) electrons. The summed E-state index contributed by atoms with van der Waals surface area (Å²) in [5.41, 5.74) is -0.603. The van der Waals surface area contributed by atoms with Gasteiger partial charge in [-0.25, -0.2) is 8.78 Å². The molecule has 0 saturated heterocycles. The minimum absolute atomic E-state index is 0.0361. The largest absolute Gasteiger partial charge is 0.466 e. The Morgan fingerprint density at radius 1 is 1.53 bits per heavy atom. The van der Waals surface area contributed by atoms with E-state index in [0.717, 1.165) is 12.1 Å². The lowest BCUT2D eigenvalue weighted by Gasteiger charge is -2.09. The van der Waals surface area contributed by atoms with Crippen LogP contribution in [0.2, 0.25) is 0 Å². The lowest BCUT2D eigenvalue weighted by molar-refractivity contribution is -0.142. The van der Waals surface area contributed by atoms with Crippen LogP contribution in [-0.2, 0) is 16.0 Å². The zero-order chi connectivity index (χ0) is 14.4. The first-order valence-electron chi connectivity index (χ1n) is 5.49. The maximum Gasteiger partial charge on any atom is 0.310 e. The summed E-state index contributed by atoms with van der Waals surface area (Å²) >= 11 is 0. The summed E-state index contributed by atoms with van der Waals surface area (Å²) < 4.78 is 30.2. The molecule has 0 aliphatic rings. The average Bonchev–Trinajstić information content (AvgIpc) is 2.38. The third kappa shape index (κ3) is 3.58. The van der Waals surface area contributed by atoms with E-state index in [4.69, 9.17) is 10.00 Å². The van der Waals surface area contributed by atoms with Gasteiger partial charge in [0.15, 0.2) is 0 Å². The highest BCUT2D eigenvalue weighted by Crippen LogP contribution is 2.26. The summed E-state index contributed by atoms with van der Waals surface area (Å²) in [6.45, 7) is 1.77. The van der Waals surface area contributed by atoms with Crippen molar-refractivity contribution in [2.75, 3.05) is 6.61 Å². The summed E-state index contributed by atoms with van der Waals surface area (Å²) in [5, 5.41) is 8.75. The number of halogens is 2. The van der Waals surface area contributed by atoms with E-state index in [2.05, 4.69) is 0 Å². The van der Waals surface area contributed by atoms with Gasteiger partial charge in [-0.3, -0.25) is 9.59 Å². The number of hydrogen-bond acceptors (Lipinski definition) is 4. The predicted octanol–water partition coefficient (Wildman–Crippen LogP) is 2.41. The fourth-order valence-corrected chi connectivity index (χ4v) is 1.59. The summed E-state index contributed by atoms with van der Waals surface area (Å²) in [6.07, 6.45) is -2.71. The van der Waals surface area contributed by atoms with Crippen molar-refractivity contribution < 1.29 is 23.1 Å². The van der Waals surface area contributed by atoms with Crippen molar-refractivity contribution in [1.82, 2.24) is 0 Å². The SMILES string of the molecule is CCOC(=O)Cc1cc(C(F)F)c(C#N)cc1C=O. The molecule has 0 bridgehead atoms. The van der Waals surface area contributed by atoms with Gasteiger partial charge in [0, 0.05) is 11.1 Å². The summed E-state index contributed by atoms with van der Waals surface area (Å²) in [6, 6.07) is 3.66. The summed E-state index contributed by atoms with van der Waals surface area (Å²) in [4.78, 5) is 22.2. The summed E-state index contributed by atoms with van der Waals surface area (Å²) in [5.74, 6) is -0.615. The number of benzene rings is 1. The molecule has 0 aliphatic carbocycles. The van der Waals surface area contributed by atoms with Crippen molar-refractivity contribution in [3.8, 4) is 6.07 Å². The molecule has 4 nitrogen and oxygen atoms in total. The van der Waals surface area contributed by atoms with Crippen molar-refractivity contribution in [3.05, 3.63) is 34.4 Å². The highest BCUT2D eigenvalue weighted by atomic mass is 19.3. The van der Waals surface area contributed by atoms with E-state index in [1.54, 1.807) is 13.0 Å². The Kier molecular flexibility index (Phi) is 5.12. The molecule has 0 aromatic heterocycles. The molecule has 1 rings (SSSR count). The predicted molar refractivity (Wildman–Crippen MR) is 61.8 cm³/mol. The number of carbonyl (C=O) groups is 2. The highest BCUT2D eigenvalue weighted by molar-refractivity contribution is 5.83. The van der Waals surface area contributed by atoms with Crippen LogP contribution in [0.25, 0.3) is 0 Å². The molecule has 19 heavy (non-hydrogen) atoms. The first-order chi connectivity index (χ1) is 9.03. The Morgan fingerprint density at radius 2 is 2.21 bits per heavy atom. The van der Waals surface area contributed by atoms with E-state index >= 15 is 0 Å². The van der Waals surface area contributed by atoms with Crippen molar-refractivity contribution in [1.29, 1.82) is 5.26 Å². The molecular weight excluding hydrogens is 256 g/mol. The Balaban J connectivity index is 3.23. The average molecular weight is 267 g/mol. The number of alkyl halides is 2. The zero-order valence-electron chi connectivity index (χ0n) is 10.2. The van der Waals surface area contributed by atoms with Crippen molar-refractivity contribution in [2.45, 2.75) is 19.8 Å². The van der Waals surface area contributed by atoms with E-state index in [1.165, 1.54) is 0 Å². The maximum absolute atomic E-state index is 12.8. The number of esters is 1. The Bertz CT molecular complexity index is 535. The molecule has 0 aliphatic heterocycles. The lowest BCUT2D eigenvalue weighted by atomic mass is 9.97. The topological polar surface area (TPSA) is 67.2 Å². The van der Waals surface area contributed by atoms with E-state index in [1.807, 2.05) is 0 Å². The van der Waals surface area contributed by atoms with Crippen LogP contribution >= 0.6 is 0 Å². The number of hydrogen-bond donors (Lipinski definition) is 0. The van der Waals surface area contributed by atoms with Crippen molar-refractivity contribution in [3.63, 3.8) is 0 Å². The fraction of sp³-hybridized carbons (Fsp3) is 0.308. The first kappa shape index (κ1) is 14.8. The number of nitriles is 1. The molecule has 6 heteroatoms. The molecule has 0 atom stereocenters. The van der Waals surface area contributed by atoms with Crippen molar-refractivity contribution in [2.24, 2.45) is 0 Å². The van der Waals surface area contributed by atoms with E-state index in [9.17, 15) is 18.4 Å². The molecule has 0 spiro atoms. The molecule has 0 N–H and O–H groups in total. The highest BCUT2D eigenvalue weighted by Gasteiger charge is 2.18. The van der Waals surface area contributed by atoms with E-state index in [-0.39, 0.29) is 29.7 Å². The quantitative estimate of drug-likeness (QED) is 0.607. The van der Waals surface area contributed by atoms with Gasteiger partial charge in [0.25, 0.3) is 6.43 Å². The number of rotatable bonds is 5. The van der Waals surface area contributed by atoms with Gasteiger partial charge in [0.1, 0.15) is 6.29 Å². The van der Waals surface area contributed by atoms with Crippen molar-refractivity contribution >= 4 is 12.3 Å². The van der Waals surface area contributed by atoms with Gasteiger partial charge in [-0.05, 0) is 24.6 Å². The zero-order valence-corrected chi connectivity index (χ0v) is 10.2. The number of carbonyl (C=O) groups excluding carboxylic acids is 2. The minimum Gasteiger partial charge on any atom is -0.466 e. The van der Waals surface area contributed by atoms with Crippen LogP contribution in [0.4, 0.5) is 8.78 Å². The second-order valence-electron chi connectivity index (χ2n) is 3.65. The molecule has 0 fully saturated rings. The molecule has 0 heterocycles. The Hall–Kier alpha value is -2.29.